The van der Waals surface area contributed by atoms with Crippen LogP contribution >= 0.6 is 0 Å². The van der Waals surface area contributed by atoms with E-state index in [1.54, 1.807) is 0 Å². The zero-order valence-electron chi connectivity index (χ0n) is 9.28. The Morgan fingerprint density at radius 2 is 2.00 bits per heavy atom. The number of hydrogen-bond acceptors (Lipinski definition) is 1. The van der Waals surface area contributed by atoms with Crippen molar-refractivity contribution in [3.8, 4) is 0 Å². The molecule has 1 aromatic carbocycles. The molecule has 80 valence electrons. The number of benzene rings is 1. The molecule has 15 heavy (non-hydrogen) atoms. The summed E-state index contributed by atoms with van der Waals surface area (Å²) in [7, 11) is 0. The standard InChI is InChI=1S/C14H18O/c1-11-13(9-10-14(11)15)8-7-12-5-3-2-4-6-12/h2-6,11,13H,7-10H2,1H3. The van der Waals surface area contributed by atoms with E-state index in [2.05, 4.69) is 31.2 Å². The van der Waals surface area contributed by atoms with Gasteiger partial charge in [-0.2, -0.15) is 0 Å². The molecule has 1 nitrogen and oxygen atoms in total. The smallest absolute Gasteiger partial charge is 0.135 e. The van der Waals surface area contributed by atoms with Gasteiger partial charge in [0.15, 0.2) is 0 Å². The van der Waals surface area contributed by atoms with Crippen molar-refractivity contribution >= 4 is 5.78 Å². The van der Waals surface area contributed by atoms with E-state index in [9.17, 15) is 4.79 Å². The molecule has 2 unspecified atom stereocenters. The van der Waals surface area contributed by atoms with E-state index in [1.807, 2.05) is 6.07 Å². The van der Waals surface area contributed by atoms with Gasteiger partial charge < -0.3 is 0 Å². The summed E-state index contributed by atoms with van der Waals surface area (Å²) in [6.07, 6.45) is 4.19. The van der Waals surface area contributed by atoms with Gasteiger partial charge >= 0.3 is 0 Å². The van der Waals surface area contributed by atoms with Crippen LogP contribution < -0.4 is 0 Å². The monoisotopic (exact) mass is 202 g/mol. The normalized spacial score (nSPS) is 25.8. The molecule has 0 aliphatic heterocycles. The molecule has 1 heteroatoms. The second kappa shape index (κ2) is 4.61. The van der Waals surface area contributed by atoms with Crippen molar-refractivity contribution in [1.29, 1.82) is 0 Å². The van der Waals surface area contributed by atoms with Gasteiger partial charge in [0.2, 0.25) is 0 Å². The number of aryl methyl sites for hydroxylation is 1. The number of carbonyl (C=O) groups excluding carboxylic acids is 1. The fourth-order valence-corrected chi connectivity index (χ4v) is 2.46. The first-order valence-electron chi connectivity index (χ1n) is 5.84. The molecule has 0 heterocycles. The highest BCUT2D eigenvalue weighted by atomic mass is 16.1. The number of Topliss-reactive ketones (excluding diaryl/α,β-unsaturated/α-hetero) is 1. The van der Waals surface area contributed by atoms with Crippen molar-refractivity contribution in [1.82, 2.24) is 0 Å². The van der Waals surface area contributed by atoms with Crippen LogP contribution in [0.4, 0.5) is 0 Å². The average Bonchev–Trinajstić information content (AvgIpc) is 2.59. The number of carbonyl (C=O) groups is 1. The van der Waals surface area contributed by atoms with Crippen LogP contribution in [0.25, 0.3) is 0 Å². The SMILES string of the molecule is CC1C(=O)CCC1CCc1ccccc1. The molecule has 0 bridgehead atoms. The van der Waals surface area contributed by atoms with Crippen molar-refractivity contribution < 1.29 is 4.79 Å². The highest BCUT2D eigenvalue weighted by Crippen LogP contribution is 2.31. The fraction of sp³-hybridized carbons (Fsp3) is 0.500. The Balaban J connectivity index is 1.87. The van der Waals surface area contributed by atoms with E-state index < -0.39 is 0 Å². The first-order valence-corrected chi connectivity index (χ1v) is 5.84. The van der Waals surface area contributed by atoms with Crippen molar-refractivity contribution in [2.75, 3.05) is 0 Å². The highest BCUT2D eigenvalue weighted by Gasteiger charge is 2.30. The Bertz CT molecular complexity index is 328. The summed E-state index contributed by atoms with van der Waals surface area (Å²) in [5.74, 6) is 1.39. The van der Waals surface area contributed by atoms with Crippen molar-refractivity contribution in [3.05, 3.63) is 35.9 Å². The zero-order valence-corrected chi connectivity index (χ0v) is 9.28. The Kier molecular flexibility index (Phi) is 3.20. The van der Waals surface area contributed by atoms with Crippen LogP contribution in [0.3, 0.4) is 0 Å². The van der Waals surface area contributed by atoms with Crippen LogP contribution in [-0.4, -0.2) is 5.78 Å². The van der Waals surface area contributed by atoms with E-state index in [4.69, 9.17) is 0 Å². The average molecular weight is 202 g/mol. The third kappa shape index (κ3) is 2.47. The van der Waals surface area contributed by atoms with Crippen LogP contribution in [0.5, 0.6) is 0 Å². The van der Waals surface area contributed by atoms with Crippen LogP contribution in [0.15, 0.2) is 30.3 Å². The van der Waals surface area contributed by atoms with Gasteiger partial charge in [-0.15, -0.1) is 0 Å². The summed E-state index contributed by atoms with van der Waals surface area (Å²) in [5, 5.41) is 0. The summed E-state index contributed by atoms with van der Waals surface area (Å²) in [4.78, 5) is 11.4. The van der Waals surface area contributed by atoms with Crippen LogP contribution in [-0.2, 0) is 11.2 Å². The molecule has 0 N–H and O–H groups in total. The molecular weight excluding hydrogens is 184 g/mol. The van der Waals surface area contributed by atoms with Crippen molar-refractivity contribution in [2.24, 2.45) is 11.8 Å². The molecule has 1 saturated carbocycles. The molecule has 1 aliphatic rings. The van der Waals surface area contributed by atoms with E-state index in [0.29, 0.717) is 17.6 Å². The predicted molar refractivity (Wildman–Crippen MR) is 61.7 cm³/mol. The van der Waals surface area contributed by atoms with Gasteiger partial charge in [0.25, 0.3) is 0 Å². The maximum absolute atomic E-state index is 11.4. The van der Waals surface area contributed by atoms with Crippen LogP contribution in [0.2, 0.25) is 0 Å². The molecule has 1 aliphatic carbocycles. The van der Waals surface area contributed by atoms with Gasteiger partial charge in [-0.3, -0.25) is 4.79 Å². The van der Waals surface area contributed by atoms with Gasteiger partial charge in [0.05, 0.1) is 0 Å². The summed E-state index contributed by atoms with van der Waals surface area (Å²) in [6.45, 7) is 2.09. The summed E-state index contributed by atoms with van der Waals surface area (Å²) < 4.78 is 0. The van der Waals surface area contributed by atoms with E-state index in [0.717, 1.165) is 25.7 Å². The third-order valence-corrected chi connectivity index (χ3v) is 3.62. The lowest BCUT2D eigenvalue weighted by Gasteiger charge is -2.13. The van der Waals surface area contributed by atoms with Crippen LogP contribution in [0.1, 0.15) is 31.7 Å². The second-order valence-electron chi connectivity index (χ2n) is 4.58. The van der Waals surface area contributed by atoms with E-state index in [1.165, 1.54) is 5.56 Å². The Hall–Kier alpha value is -1.11. The molecule has 1 fully saturated rings. The number of hydrogen-bond donors (Lipinski definition) is 0. The van der Waals surface area contributed by atoms with Crippen molar-refractivity contribution in [2.45, 2.75) is 32.6 Å². The second-order valence-corrected chi connectivity index (χ2v) is 4.58. The van der Waals surface area contributed by atoms with E-state index >= 15 is 0 Å². The lowest BCUT2D eigenvalue weighted by Crippen LogP contribution is -2.11. The minimum Gasteiger partial charge on any atom is -0.299 e. The first kappa shape index (κ1) is 10.4. The third-order valence-electron chi connectivity index (χ3n) is 3.62. The Morgan fingerprint density at radius 3 is 2.60 bits per heavy atom. The van der Waals surface area contributed by atoms with Gasteiger partial charge in [0.1, 0.15) is 5.78 Å². The molecule has 2 atom stereocenters. The molecule has 2 rings (SSSR count). The summed E-state index contributed by atoms with van der Waals surface area (Å²) >= 11 is 0. The highest BCUT2D eigenvalue weighted by molar-refractivity contribution is 5.82. The molecule has 0 spiro atoms. The largest absolute Gasteiger partial charge is 0.299 e. The molecule has 0 radical (unpaired) electrons. The van der Waals surface area contributed by atoms with Gasteiger partial charge in [-0.1, -0.05) is 37.3 Å². The Labute approximate surface area is 91.5 Å². The van der Waals surface area contributed by atoms with Gasteiger partial charge in [-0.05, 0) is 30.7 Å². The lowest BCUT2D eigenvalue weighted by molar-refractivity contribution is -0.120. The predicted octanol–water partition coefficient (Wildman–Crippen LogP) is 3.23. The molecule has 0 saturated heterocycles. The molecular formula is C14H18O. The molecule has 0 amide bonds. The van der Waals surface area contributed by atoms with Gasteiger partial charge in [-0.25, -0.2) is 0 Å². The summed E-state index contributed by atoms with van der Waals surface area (Å²) in [5.41, 5.74) is 1.39. The van der Waals surface area contributed by atoms with Crippen LogP contribution in [0, 0.1) is 11.8 Å². The fourth-order valence-electron chi connectivity index (χ4n) is 2.46. The van der Waals surface area contributed by atoms with E-state index in [-0.39, 0.29) is 0 Å². The first-order chi connectivity index (χ1) is 7.27. The molecule has 1 aromatic rings. The Morgan fingerprint density at radius 1 is 1.27 bits per heavy atom. The summed E-state index contributed by atoms with van der Waals surface area (Å²) in [6, 6.07) is 10.5. The minimum absolute atomic E-state index is 0.300. The topological polar surface area (TPSA) is 17.1 Å². The zero-order chi connectivity index (χ0) is 10.7. The minimum atomic E-state index is 0.300. The number of rotatable bonds is 3. The van der Waals surface area contributed by atoms with Gasteiger partial charge in [0, 0.05) is 12.3 Å². The maximum Gasteiger partial charge on any atom is 0.135 e. The molecule has 0 aromatic heterocycles. The maximum atomic E-state index is 11.4. The quantitative estimate of drug-likeness (QED) is 0.735. The number of ketones is 1. The lowest BCUT2D eigenvalue weighted by atomic mass is 9.91. The van der Waals surface area contributed by atoms with Crippen molar-refractivity contribution in [3.63, 3.8) is 0 Å².